The van der Waals surface area contributed by atoms with Crippen molar-refractivity contribution in [2.24, 2.45) is 28.7 Å². The minimum Gasteiger partial charge on any atom is -0.402 e. The van der Waals surface area contributed by atoms with Crippen molar-refractivity contribution >= 4 is 5.57 Å². The highest BCUT2D eigenvalue weighted by Crippen LogP contribution is 2.51. The maximum absolute atomic E-state index is 6.45. The highest BCUT2D eigenvalue weighted by atomic mass is 15.0. The summed E-state index contributed by atoms with van der Waals surface area (Å²) in [5.74, 6) is 1.63. The molecule has 3 heteroatoms. The molecular formula is C27H39N3. The van der Waals surface area contributed by atoms with Crippen LogP contribution in [0.15, 0.2) is 48.2 Å². The third-order valence-corrected chi connectivity index (χ3v) is 6.77. The first kappa shape index (κ1) is 22.4. The zero-order valence-corrected chi connectivity index (χ0v) is 19.8. The fraction of sp³-hybridized carbons (Fsp3) is 0.481. The van der Waals surface area contributed by atoms with E-state index in [2.05, 4.69) is 81.7 Å². The van der Waals surface area contributed by atoms with Crippen molar-refractivity contribution < 1.29 is 0 Å². The van der Waals surface area contributed by atoms with E-state index in [1.54, 1.807) is 0 Å². The maximum Gasteiger partial charge on any atom is 0.0596 e. The zero-order chi connectivity index (χ0) is 22.2. The second-order valence-electron chi connectivity index (χ2n) is 10.0. The first-order valence-corrected chi connectivity index (χ1v) is 11.2. The first-order chi connectivity index (χ1) is 14.1. The van der Waals surface area contributed by atoms with Crippen LogP contribution in [0.4, 0.5) is 0 Å². The number of hydrogen-bond donors (Lipinski definition) is 2. The topological polar surface area (TPSA) is 57.0 Å². The summed E-state index contributed by atoms with van der Waals surface area (Å²) in [7, 11) is 0. The number of allylic oxidation sites excluding steroid dienone is 4. The molecule has 3 rings (SSSR count). The quantitative estimate of drug-likeness (QED) is 0.599. The molecule has 0 aliphatic heterocycles. The molecule has 0 saturated heterocycles. The molecule has 1 aliphatic carbocycles. The summed E-state index contributed by atoms with van der Waals surface area (Å²) in [5, 5.41) is 0. The molecule has 1 heterocycles. The van der Waals surface area contributed by atoms with Crippen LogP contribution >= 0.6 is 0 Å². The summed E-state index contributed by atoms with van der Waals surface area (Å²) in [6, 6.07) is 10.7. The molecule has 0 bridgehead atoms. The number of fused-ring (bicyclic) bond motifs is 1. The summed E-state index contributed by atoms with van der Waals surface area (Å²) in [5.41, 5.74) is 21.4. The second-order valence-corrected chi connectivity index (χ2v) is 10.0. The van der Waals surface area contributed by atoms with Crippen LogP contribution in [0.5, 0.6) is 0 Å². The average Bonchev–Trinajstić information content (AvgIpc) is 2.99. The Bertz CT molecular complexity index is 950. The standard InChI is InChI=1S/C27H39N3/c1-8-12-21(19(4)29)26-22(16-28)24-18(3)25(27(5,6)7)17(2)15-23(24)30(26)20-13-10-9-11-14-20/h8-14,17-18,25H,15-16,28-29H2,1-7H3/b12-8-,21-19+/t17?,18-,25?/m0/s1. The molecule has 0 amide bonds. The predicted molar refractivity (Wildman–Crippen MR) is 129 cm³/mol. The molecule has 1 aromatic heterocycles. The van der Waals surface area contributed by atoms with E-state index in [-0.39, 0.29) is 5.41 Å². The molecule has 0 saturated carbocycles. The SMILES string of the molecule is C/C=C\C(=C(\C)N)c1c(CN)c2c(n1-c1ccccc1)CC(C)C(C(C)(C)C)[C@H]2C. The van der Waals surface area contributed by atoms with Crippen molar-refractivity contribution in [1.29, 1.82) is 0 Å². The highest BCUT2D eigenvalue weighted by Gasteiger charge is 2.42. The van der Waals surface area contributed by atoms with Gasteiger partial charge in [-0.25, -0.2) is 0 Å². The van der Waals surface area contributed by atoms with Crippen LogP contribution in [0, 0.1) is 17.3 Å². The van der Waals surface area contributed by atoms with Gasteiger partial charge in [-0.3, -0.25) is 0 Å². The van der Waals surface area contributed by atoms with E-state index in [1.807, 2.05) is 13.8 Å². The van der Waals surface area contributed by atoms with Gasteiger partial charge in [0.1, 0.15) is 0 Å². The van der Waals surface area contributed by atoms with Gasteiger partial charge >= 0.3 is 0 Å². The van der Waals surface area contributed by atoms with Gasteiger partial charge in [0.15, 0.2) is 0 Å². The lowest BCUT2D eigenvalue weighted by Gasteiger charge is -2.44. The summed E-state index contributed by atoms with van der Waals surface area (Å²) >= 11 is 0. The fourth-order valence-electron chi connectivity index (χ4n) is 6.05. The molecule has 2 aromatic rings. The molecule has 0 fully saturated rings. The molecule has 30 heavy (non-hydrogen) atoms. The first-order valence-electron chi connectivity index (χ1n) is 11.2. The van der Waals surface area contributed by atoms with Gasteiger partial charge < -0.3 is 16.0 Å². The average molecular weight is 406 g/mol. The van der Waals surface area contributed by atoms with Gasteiger partial charge in [0.25, 0.3) is 0 Å². The molecule has 3 nitrogen and oxygen atoms in total. The number of para-hydroxylation sites is 1. The summed E-state index contributed by atoms with van der Waals surface area (Å²) in [6.45, 7) is 16.5. The Morgan fingerprint density at radius 2 is 1.80 bits per heavy atom. The van der Waals surface area contributed by atoms with Crippen LogP contribution in [0.3, 0.4) is 0 Å². The molecule has 0 spiro atoms. The zero-order valence-electron chi connectivity index (χ0n) is 19.8. The van der Waals surface area contributed by atoms with Crippen molar-refractivity contribution in [2.75, 3.05) is 0 Å². The van der Waals surface area contributed by atoms with Gasteiger partial charge in [0.2, 0.25) is 0 Å². The van der Waals surface area contributed by atoms with Crippen LogP contribution in [0.25, 0.3) is 11.3 Å². The Morgan fingerprint density at radius 1 is 1.17 bits per heavy atom. The third-order valence-electron chi connectivity index (χ3n) is 6.77. The van der Waals surface area contributed by atoms with E-state index in [4.69, 9.17) is 11.5 Å². The van der Waals surface area contributed by atoms with E-state index in [0.717, 1.165) is 17.7 Å². The highest BCUT2D eigenvalue weighted by molar-refractivity contribution is 5.79. The van der Waals surface area contributed by atoms with Gasteiger partial charge in [-0.1, -0.05) is 65.0 Å². The number of rotatable bonds is 4. The number of nitrogens with zero attached hydrogens (tertiary/aromatic N) is 1. The third kappa shape index (κ3) is 3.76. The molecule has 4 N–H and O–H groups in total. The number of hydrogen-bond acceptors (Lipinski definition) is 2. The van der Waals surface area contributed by atoms with Crippen molar-refractivity contribution in [3.05, 3.63) is 70.7 Å². The van der Waals surface area contributed by atoms with Gasteiger partial charge in [0, 0.05) is 29.2 Å². The van der Waals surface area contributed by atoms with Gasteiger partial charge in [-0.15, -0.1) is 0 Å². The van der Waals surface area contributed by atoms with E-state index in [0.29, 0.717) is 24.3 Å². The van der Waals surface area contributed by atoms with Crippen LogP contribution < -0.4 is 11.5 Å². The van der Waals surface area contributed by atoms with Crippen molar-refractivity contribution in [3.8, 4) is 5.69 Å². The van der Waals surface area contributed by atoms with Crippen molar-refractivity contribution in [3.63, 3.8) is 0 Å². The smallest absolute Gasteiger partial charge is 0.0596 e. The lowest BCUT2D eigenvalue weighted by atomic mass is 9.61. The lowest BCUT2D eigenvalue weighted by Crippen LogP contribution is -2.36. The van der Waals surface area contributed by atoms with Crippen LogP contribution in [0.1, 0.15) is 76.9 Å². The van der Waals surface area contributed by atoms with Gasteiger partial charge in [-0.2, -0.15) is 0 Å². The Labute approximate surface area is 182 Å². The maximum atomic E-state index is 6.45. The van der Waals surface area contributed by atoms with Gasteiger partial charge in [0.05, 0.1) is 5.69 Å². The molecule has 2 unspecified atom stereocenters. The monoisotopic (exact) mass is 405 g/mol. The van der Waals surface area contributed by atoms with Crippen LogP contribution in [-0.4, -0.2) is 4.57 Å². The van der Waals surface area contributed by atoms with Gasteiger partial charge in [-0.05, 0) is 66.7 Å². The van der Waals surface area contributed by atoms with Crippen molar-refractivity contribution in [2.45, 2.75) is 67.3 Å². The normalized spacial score (nSPS) is 22.9. The Hall–Kier alpha value is -2.26. The largest absolute Gasteiger partial charge is 0.402 e. The number of nitrogens with two attached hydrogens (primary N) is 2. The second kappa shape index (κ2) is 8.47. The molecular weight excluding hydrogens is 366 g/mol. The van der Waals surface area contributed by atoms with Crippen molar-refractivity contribution in [1.82, 2.24) is 4.57 Å². The Balaban J connectivity index is 2.43. The minimum atomic E-state index is 0.239. The summed E-state index contributed by atoms with van der Waals surface area (Å²) in [4.78, 5) is 0. The molecule has 1 aliphatic rings. The Kier molecular flexibility index (Phi) is 6.33. The predicted octanol–water partition coefficient (Wildman–Crippen LogP) is 6.16. The summed E-state index contributed by atoms with van der Waals surface area (Å²) < 4.78 is 2.44. The van der Waals surface area contributed by atoms with E-state index in [1.165, 1.54) is 28.2 Å². The minimum absolute atomic E-state index is 0.239. The Morgan fingerprint density at radius 3 is 2.30 bits per heavy atom. The molecule has 0 radical (unpaired) electrons. The molecule has 3 atom stereocenters. The van der Waals surface area contributed by atoms with E-state index >= 15 is 0 Å². The molecule has 1 aromatic carbocycles. The van der Waals surface area contributed by atoms with E-state index < -0.39 is 0 Å². The number of benzene rings is 1. The molecule has 162 valence electrons. The van der Waals surface area contributed by atoms with Crippen LogP contribution in [0.2, 0.25) is 0 Å². The fourth-order valence-corrected chi connectivity index (χ4v) is 6.05. The lowest BCUT2D eigenvalue weighted by molar-refractivity contribution is 0.127. The summed E-state index contributed by atoms with van der Waals surface area (Å²) in [6.07, 6.45) is 5.25. The van der Waals surface area contributed by atoms with E-state index in [9.17, 15) is 0 Å². The number of aromatic nitrogens is 1. The van der Waals surface area contributed by atoms with Crippen LogP contribution in [-0.2, 0) is 13.0 Å².